The van der Waals surface area contributed by atoms with E-state index in [2.05, 4.69) is 25.3 Å². The third-order valence-corrected chi connectivity index (χ3v) is 4.58. The molecule has 2 aromatic rings. The topological polar surface area (TPSA) is 61.4 Å². The predicted octanol–water partition coefficient (Wildman–Crippen LogP) is 3.15. The van der Waals surface area contributed by atoms with Crippen molar-refractivity contribution < 1.29 is 18.0 Å². The molecule has 0 atom stereocenters. The Morgan fingerprint density at radius 2 is 1.81 bits per heavy atom. The lowest BCUT2D eigenvalue weighted by Crippen LogP contribution is -2.44. The number of hydrogen-bond donors (Lipinski definition) is 1. The van der Waals surface area contributed by atoms with E-state index in [1.807, 2.05) is 7.05 Å². The largest absolute Gasteiger partial charge is 0.416 e. The first-order valence-electron chi connectivity index (χ1n) is 8.19. The minimum Gasteiger partial charge on any atom is -0.353 e. The van der Waals surface area contributed by atoms with Gasteiger partial charge >= 0.3 is 6.18 Å². The Kier molecular flexibility index (Phi) is 5.52. The maximum atomic E-state index is 12.8. The number of carbonyl (C=O) groups is 1. The van der Waals surface area contributed by atoms with Gasteiger partial charge in [0.2, 0.25) is 0 Å². The van der Waals surface area contributed by atoms with Crippen LogP contribution in [-0.4, -0.2) is 54.2 Å². The number of aromatic nitrogens is 2. The van der Waals surface area contributed by atoms with Crippen molar-refractivity contribution in [1.82, 2.24) is 15.1 Å². The van der Waals surface area contributed by atoms with Gasteiger partial charge in [-0.15, -0.1) is 10.2 Å². The Labute approximate surface area is 158 Å². The molecule has 0 spiro atoms. The van der Waals surface area contributed by atoms with E-state index >= 15 is 0 Å². The maximum absolute atomic E-state index is 12.8. The number of alkyl halides is 3. The van der Waals surface area contributed by atoms with E-state index in [1.165, 1.54) is 6.07 Å². The molecule has 0 bridgehead atoms. The minimum atomic E-state index is -4.53. The lowest BCUT2D eigenvalue weighted by Gasteiger charge is -2.32. The SMILES string of the molecule is CN1CCN(c2ccc(C(=O)Nc3cc(C(F)(F)F)ccc3Cl)nn2)CC1. The number of anilines is 2. The van der Waals surface area contributed by atoms with E-state index in [9.17, 15) is 18.0 Å². The lowest BCUT2D eigenvalue weighted by molar-refractivity contribution is -0.137. The van der Waals surface area contributed by atoms with Crippen LogP contribution in [0.15, 0.2) is 30.3 Å². The molecule has 2 heterocycles. The summed E-state index contributed by atoms with van der Waals surface area (Å²) in [5, 5.41) is 10.3. The van der Waals surface area contributed by atoms with Crippen molar-refractivity contribution in [3.63, 3.8) is 0 Å². The van der Waals surface area contributed by atoms with Gasteiger partial charge in [0.25, 0.3) is 5.91 Å². The zero-order chi connectivity index (χ0) is 19.6. The van der Waals surface area contributed by atoms with Crippen molar-refractivity contribution >= 4 is 29.0 Å². The van der Waals surface area contributed by atoms with Crippen LogP contribution in [0.5, 0.6) is 0 Å². The molecule has 1 saturated heterocycles. The molecule has 1 aliphatic rings. The van der Waals surface area contributed by atoms with Crippen LogP contribution >= 0.6 is 11.6 Å². The molecule has 144 valence electrons. The first-order chi connectivity index (χ1) is 12.7. The number of halogens is 4. The van der Waals surface area contributed by atoms with Crippen LogP contribution in [0.3, 0.4) is 0 Å². The van der Waals surface area contributed by atoms with Gasteiger partial charge in [-0.2, -0.15) is 13.2 Å². The van der Waals surface area contributed by atoms with Gasteiger partial charge in [0.1, 0.15) is 0 Å². The highest BCUT2D eigenvalue weighted by Crippen LogP contribution is 2.33. The number of carbonyl (C=O) groups excluding carboxylic acids is 1. The fourth-order valence-electron chi connectivity index (χ4n) is 2.63. The third kappa shape index (κ3) is 4.67. The highest BCUT2D eigenvalue weighted by Gasteiger charge is 2.31. The summed E-state index contributed by atoms with van der Waals surface area (Å²) in [7, 11) is 2.04. The van der Waals surface area contributed by atoms with Crippen molar-refractivity contribution in [2.24, 2.45) is 0 Å². The van der Waals surface area contributed by atoms with Gasteiger partial charge in [0.05, 0.1) is 16.3 Å². The average Bonchev–Trinajstić information content (AvgIpc) is 2.63. The van der Waals surface area contributed by atoms with Gasteiger partial charge in [-0.1, -0.05) is 11.6 Å². The highest BCUT2D eigenvalue weighted by atomic mass is 35.5. The monoisotopic (exact) mass is 399 g/mol. The van der Waals surface area contributed by atoms with Gasteiger partial charge in [-0.25, -0.2) is 0 Å². The first-order valence-corrected chi connectivity index (χ1v) is 8.57. The number of piperazine rings is 1. The average molecular weight is 400 g/mol. The second-order valence-electron chi connectivity index (χ2n) is 6.21. The molecule has 1 aliphatic heterocycles. The van der Waals surface area contributed by atoms with Crippen LogP contribution in [0.2, 0.25) is 5.02 Å². The van der Waals surface area contributed by atoms with E-state index < -0.39 is 17.6 Å². The minimum absolute atomic E-state index is 0.00151. The van der Waals surface area contributed by atoms with E-state index in [1.54, 1.807) is 6.07 Å². The second kappa shape index (κ2) is 7.69. The lowest BCUT2D eigenvalue weighted by atomic mass is 10.2. The number of nitrogens with one attached hydrogen (secondary N) is 1. The molecule has 0 aliphatic carbocycles. The Bertz CT molecular complexity index is 820. The van der Waals surface area contributed by atoms with Crippen LogP contribution in [0.25, 0.3) is 0 Å². The summed E-state index contributed by atoms with van der Waals surface area (Å²) in [5.74, 6) is -0.0367. The third-order valence-electron chi connectivity index (χ3n) is 4.25. The van der Waals surface area contributed by atoms with Gasteiger partial charge in [0.15, 0.2) is 11.5 Å². The molecule has 0 unspecified atom stereocenters. The zero-order valence-electron chi connectivity index (χ0n) is 14.4. The van der Waals surface area contributed by atoms with Crippen LogP contribution in [0.4, 0.5) is 24.7 Å². The smallest absolute Gasteiger partial charge is 0.353 e. The first kappa shape index (κ1) is 19.4. The molecule has 0 radical (unpaired) electrons. The summed E-state index contributed by atoms with van der Waals surface area (Å²) < 4.78 is 38.5. The fourth-order valence-corrected chi connectivity index (χ4v) is 2.80. The number of amides is 1. The van der Waals surface area contributed by atoms with Crippen molar-refractivity contribution in [3.8, 4) is 0 Å². The van der Waals surface area contributed by atoms with Crippen molar-refractivity contribution in [1.29, 1.82) is 0 Å². The van der Waals surface area contributed by atoms with Gasteiger partial charge in [0, 0.05) is 26.2 Å². The van der Waals surface area contributed by atoms with Gasteiger partial charge in [-0.05, 0) is 37.4 Å². The summed E-state index contributed by atoms with van der Waals surface area (Å²) in [6.07, 6.45) is -4.53. The standard InChI is InChI=1S/C17H17ClF3N5O/c1-25-6-8-26(9-7-25)15-5-4-13(23-24-15)16(27)22-14-10-11(17(19,20)21)2-3-12(14)18/h2-5,10H,6-9H2,1H3,(H,22,27). The highest BCUT2D eigenvalue weighted by molar-refractivity contribution is 6.33. The Morgan fingerprint density at radius 1 is 1.11 bits per heavy atom. The quantitative estimate of drug-likeness (QED) is 0.859. The molecule has 1 aromatic carbocycles. The maximum Gasteiger partial charge on any atom is 0.416 e. The van der Waals surface area contributed by atoms with Crippen LogP contribution in [0.1, 0.15) is 16.1 Å². The molecule has 10 heteroatoms. The van der Waals surface area contributed by atoms with Crippen molar-refractivity contribution in [2.75, 3.05) is 43.4 Å². The summed E-state index contributed by atoms with van der Waals surface area (Å²) in [6, 6.07) is 5.87. The molecule has 1 amide bonds. The molecular weight excluding hydrogens is 383 g/mol. The number of hydrogen-bond acceptors (Lipinski definition) is 5. The van der Waals surface area contributed by atoms with Crippen molar-refractivity contribution in [3.05, 3.63) is 46.6 Å². The van der Waals surface area contributed by atoms with Gasteiger partial charge < -0.3 is 15.1 Å². The van der Waals surface area contributed by atoms with E-state index in [-0.39, 0.29) is 16.4 Å². The number of nitrogens with zero attached hydrogens (tertiary/aromatic N) is 4. The van der Waals surface area contributed by atoms with E-state index in [0.717, 1.165) is 44.4 Å². The molecular formula is C17H17ClF3N5O. The molecule has 3 rings (SSSR count). The number of benzene rings is 1. The summed E-state index contributed by atoms with van der Waals surface area (Å²) in [6.45, 7) is 3.41. The van der Waals surface area contributed by atoms with E-state index in [4.69, 9.17) is 11.6 Å². The summed E-state index contributed by atoms with van der Waals surface area (Å²) in [5.41, 5.74) is -1.05. The zero-order valence-corrected chi connectivity index (χ0v) is 15.2. The molecule has 27 heavy (non-hydrogen) atoms. The van der Waals surface area contributed by atoms with Gasteiger partial charge in [-0.3, -0.25) is 4.79 Å². The summed E-state index contributed by atoms with van der Waals surface area (Å²) >= 11 is 5.89. The Hall–Kier alpha value is -2.39. The van der Waals surface area contributed by atoms with Crippen LogP contribution < -0.4 is 10.2 Å². The summed E-state index contributed by atoms with van der Waals surface area (Å²) in [4.78, 5) is 16.5. The molecule has 1 aromatic heterocycles. The number of likely N-dealkylation sites (N-methyl/N-ethyl adjacent to an activating group) is 1. The second-order valence-corrected chi connectivity index (χ2v) is 6.62. The normalized spacial score (nSPS) is 15.7. The number of rotatable bonds is 3. The molecule has 1 fully saturated rings. The molecule has 6 nitrogen and oxygen atoms in total. The molecule has 1 N–H and O–H groups in total. The van der Waals surface area contributed by atoms with Crippen LogP contribution in [-0.2, 0) is 6.18 Å². The molecule has 0 saturated carbocycles. The van der Waals surface area contributed by atoms with Crippen LogP contribution in [0, 0.1) is 0 Å². The van der Waals surface area contributed by atoms with Crippen molar-refractivity contribution in [2.45, 2.75) is 6.18 Å². The Balaban J connectivity index is 1.71. The fraction of sp³-hybridized carbons (Fsp3) is 0.353. The van der Waals surface area contributed by atoms with E-state index in [0.29, 0.717) is 5.82 Å². The Morgan fingerprint density at radius 3 is 2.41 bits per heavy atom. The predicted molar refractivity (Wildman–Crippen MR) is 96.1 cm³/mol.